The molecule has 0 amide bonds. The van der Waals surface area contributed by atoms with Gasteiger partial charge in [-0.15, -0.1) is 24.0 Å². The Labute approximate surface area is 176 Å². The van der Waals surface area contributed by atoms with Crippen molar-refractivity contribution in [3.63, 3.8) is 0 Å². The Balaban J connectivity index is 0.00000364. The molecule has 8 heteroatoms. The molecule has 1 heterocycles. The molecule has 0 aliphatic rings. The van der Waals surface area contributed by atoms with Gasteiger partial charge in [-0.05, 0) is 45.3 Å². The molecule has 2 N–H and O–H groups in total. The van der Waals surface area contributed by atoms with E-state index >= 15 is 0 Å². The minimum Gasteiger partial charge on any atom is -0.357 e. The number of hydrogen-bond acceptors (Lipinski definition) is 2. The summed E-state index contributed by atoms with van der Waals surface area (Å²) < 4.78 is 30.4. The fourth-order valence-electron chi connectivity index (χ4n) is 2.68. The first kappa shape index (κ1) is 23.4. The third kappa shape index (κ3) is 7.10. The van der Waals surface area contributed by atoms with Gasteiger partial charge in [-0.2, -0.15) is 0 Å². The number of likely N-dealkylation sites (N-methyl/N-ethyl adjacent to an activating group) is 1. The van der Waals surface area contributed by atoms with E-state index in [1.165, 1.54) is 18.2 Å². The lowest BCUT2D eigenvalue weighted by atomic mass is 10.0. The summed E-state index contributed by atoms with van der Waals surface area (Å²) in [5.74, 6) is -0.475. The molecule has 1 aromatic carbocycles. The van der Waals surface area contributed by atoms with Crippen molar-refractivity contribution < 1.29 is 8.78 Å². The lowest BCUT2D eigenvalue weighted by Crippen LogP contribution is -2.39. The number of halogens is 3. The molecule has 1 unspecified atom stereocenters. The number of benzene rings is 1. The van der Waals surface area contributed by atoms with E-state index in [1.54, 1.807) is 19.0 Å². The minimum absolute atomic E-state index is 0. The van der Waals surface area contributed by atoms with Gasteiger partial charge >= 0.3 is 0 Å². The molecule has 5 nitrogen and oxygen atoms in total. The van der Waals surface area contributed by atoms with E-state index in [1.807, 2.05) is 31.5 Å². The second-order valence-corrected chi connectivity index (χ2v) is 6.18. The van der Waals surface area contributed by atoms with Crippen molar-refractivity contribution in [1.29, 1.82) is 0 Å². The number of rotatable bonds is 8. The van der Waals surface area contributed by atoms with Crippen LogP contribution >= 0.6 is 24.0 Å². The number of nitrogens with zero attached hydrogens (tertiary/aromatic N) is 3. The molecule has 0 bridgehead atoms. The topological polar surface area (TPSA) is 44.6 Å². The highest BCUT2D eigenvalue weighted by atomic mass is 127. The van der Waals surface area contributed by atoms with Gasteiger partial charge in [-0.3, -0.25) is 4.99 Å². The van der Waals surface area contributed by atoms with Crippen LogP contribution in [-0.2, 0) is 6.54 Å². The molecule has 2 rings (SSSR count). The maximum atomic E-state index is 14.1. The van der Waals surface area contributed by atoms with E-state index in [4.69, 9.17) is 0 Å². The molecule has 0 aliphatic carbocycles. The van der Waals surface area contributed by atoms with Gasteiger partial charge in [0.2, 0.25) is 0 Å². The van der Waals surface area contributed by atoms with Crippen molar-refractivity contribution >= 4 is 29.9 Å². The van der Waals surface area contributed by atoms with Gasteiger partial charge in [0.05, 0.1) is 12.6 Å². The Hall–Kier alpha value is -1.68. The summed E-state index contributed by atoms with van der Waals surface area (Å²) in [6.45, 7) is 4.42. The summed E-state index contributed by atoms with van der Waals surface area (Å²) in [6, 6.07) is 7.39. The SMILES string of the molecule is CCNC(=NCC(c1c(F)cccc1F)N(C)C)NCCn1cccc1.I. The van der Waals surface area contributed by atoms with Crippen LogP contribution in [0.1, 0.15) is 18.5 Å². The average Bonchev–Trinajstić information content (AvgIpc) is 3.10. The molecule has 1 aromatic heterocycles. The summed E-state index contributed by atoms with van der Waals surface area (Å²) in [5, 5.41) is 6.41. The van der Waals surface area contributed by atoms with Gasteiger partial charge in [0, 0.05) is 37.6 Å². The largest absolute Gasteiger partial charge is 0.357 e. The van der Waals surface area contributed by atoms with Crippen LogP contribution in [0.3, 0.4) is 0 Å². The Morgan fingerprint density at radius 1 is 1.11 bits per heavy atom. The lowest BCUT2D eigenvalue weighted by molar-refractivity contribution is 0.290. The zero-order valence-electron chi connectivity index (χ0n) is 16.0. The van der Waals surface area contributed by atoms with Crippen LogP contribution in [0.4, 0.5) is 8.78 Å². The minimum atomic E-state index is -0.551. The first-order chi connectivity index (χ1) is 12.5. The summed E-state index contributed by atoms with van der Waals surface area (Å²) in [5.41, 5.74) is 0.0458. The number of aliphatic imine (C=N–C) groups is 1. The zero-order chi connectivity index (χ0) is 18.9. The van der Waals surface area contributed by atoms with Crippen molar-refractivity contribution in [3.8, 4) is 0 Å². The molecule has 1 atom stereocenters. The molecular formula is C19H28F2IN5. The van der Waals surface area contributed by atoms with Crippen molar-refractivity contribution in [1.82, 2.24) is 20.1 Å². The maximum Gasteiger partial charge on any atom is 0.191 e. The van der Waals surface area contributed by atoms with E-state index in [-0.39, 0.29) is 36.1 Å². The molecule has 2 aromatic rings. The van der Waals surface area contributed by atoms with Gasteiger partial charge in [-0.25, -0.2) is 8.78 Å². The van der Waals surface area contributed by atoms with E-state index in [2.05, 4.69) is 20.2 Å². The highest BCUT2D eigenvalue weighted by Crippen LogP contribution is 2.24. The van der Waals surface area contributed by atoms with Crippen LogP contribution in [0.5, 0.6) is 0 Å². The van der Waals surface area contributed by atoms with Gasteiger partial charge in [0.1, 0.15) is 11.6 Å². The Kier molecular flexibility index (Phi) is 10.3. The van der Waals surface area contributed by atoms with E-state index in [9.17, 15) is 8.78 Å². The van der Waals surface area contributed by atoms with Gasteiger partial charge < -0.3 is 20.1 Å². The van der Waals surface area contributed by atoms with Crippen LogP contribution < -0.4 is 10.6 Å². The zero-order valence-corrected chi connectivity index (χ0v) is 18.3. The van der Waals surface area contributed by atoms with Gasteiger partial charge in [-0.1, -0.05) is 6.07 Å². The number of aromatic nitrogens is 1. The summed E-state index contributed by atoms with van der Waals surface area (Å²) in [6.07, 6.45) is 3.99. The highest BCUT2D eigenvalue weighted by Gasteiger charge is 2.22. The number of hydrogen-bond donors (Lipinski definition) is 2. The predicted molar refractivity (Wildman–Crippen MR) is 117 cm³/mol. The van der Waals surface area contributed by atoms with Crippen LogP contribution in [0.15, 0.2) is 47.7 Å². The molecule has 0 aliphatic heterocycles. The monoisotopic (exact) mass is 491 g/mol. The molecule has 150 valence electrons. The van der Waals surface area contributed by atoms with Crippen LogP contribution in [0, 0.1) is 11.6 Å². The maximum absolute atomic E-state index is 14.1. The number of nitrogens with one attached hydrogen (secondary N) is 2. The quantitative estimate of drug-likeness (QED) is 0.339. The normalized spacial score (nSPS) is 12.6. The fraction of sp³-hybridized carbons (Fsp3) is 0.421. The Morgan fingerprint density at radius 2 is 1.74 bits per heavy atom. The second kappa shape index (κ2) is 11.9. The van der Waals surface area contributed by atoms with Gasteiger partial charge in [0.15, 0.2) is 5.96 Å². The first-order valence-electron chi connectivity index (χ1n) is 8.76. The lowest BCUT2D eigenvalue weighted by Gasteiger charge is -2.24. The molecule has 27 heavy (non-hydrogen) atoms. The van der Waals surface area contributed by atoms with Crippen LogP contribution in [0.25, 0.3) is 0 Å². The smallest absolute Gasteiger partial charge is 0.191 e. The van der Waals surface area contributed by atoms with Crippen LogP contribution in [0.2, 0.25) is 0 Å². The second-order valence-electron chi connectivity index (χ2n) is 6.18. The molecular weight excluding hydrogens is 463 g/mol. The van der Waals surface area contributed by atoms with E-state index in [0.29, 0.717) is 19.0 Å². The van der Waals surface area contributed by atoms with Gasteiger partial charge in [0.25, 0.3) is 0 Å². The van der Waals surface area contributed by atoms with Crippen molar-refractivity contribution in [2.75, 3.05) is 33.7 Å². The van der Waals surface area contributed by atoms with Crippen LogP contribution in [-0.4, -0.2) is 49.2 Å². The van der Waals surface area contributed by atoms with Crippen molar-refractivity contribution in [3.05, 3.63) is 59.9 Å². The average molecular weight is 491 g/mol. The van der Waals surface area contributed by atoms with E-state index < -0.39 is 17.7 Å². The fourth-order valence-corrected chi connectivity index (χ4v) is 2.68. The van der Waals surface area contributed by atoms with E-state index in [0.717, 1.165) is 6.54 Å². The third-order valence-corrected chi connectivity index (χ3v) is 4.05. The standard InChI is InChI=1S/C19H27F2N5.HI/c1-4-22-19(23-10-13-26-11-5-6-12-26)24-14-17(25(2)3)18-15(20)8-7-9-16(18)21;/h5-9,11-12,17H,4,10,13-14H2,1-3H3,(H2,22,23,24);1H. The molecule has 0 fully saturated rings. The first-order valence-corrected chi connectivity index (χ1v) is 8.76. The Bertz CT molecular complexity index is 684. The molecule has 0 saturated carbocycles. The van der Waals surface area contributed by atoms with Crippen molar-refractivity contribution in [2.24, 2.45) is 4.99 Å². The van der Waals surface area contributed by atoms with Crippen molar-refractivity contribution in [2.45, 2.75) is 19.5 Å². The molecule has 0 saturated heterocycles. The summed E-state index contributed by atoms with van der Waals surface area (Å²) >= 11 is 0. The third-order valence-electron chi connectivity index (χ3n) is 4.05. The highest BCUT2D eigenvalue weighted by molar-refractivity contribution is 14.0. The summed E-state index contributed by atoms with van der Waals surface area (Å²) in [7, 11) is 3.58. The molecule has 0 spiro atoms. The molecule has 0 radical (unpaired) electrons. The number of guanidine groups is 1. The predicted octanol–water partition coefficient (Wildman–Crippen LogP) is 3.24. The Morgan fingerprint density at radius 3 is 2.30 bits per heavy atom. The summed E-state index contributed by atoms with van der Waals surface area (Å²) in [4.78, 5) is 6.29.